The molecule has 0 bridgehead atoms. The lowest BCUT2D eigenvalue weighted by Gasteiger charge is -2.34. The van der Waals surface area contributed by atoms with Gasteiger partial charge >= 0.3 is 0 Å². The van der Waals surface area contributed by atoms with Crippen molar-refractivity contribution in [2.24, 2.45) is 0 Å². The molecule has 3 heterocycles. The van der Waals surface area contributed by atoms with E-state index in [9.17, 15) is 9.59 Å². The van der Waals surface area contributed by atoms with Gasteiger partial charge in [0.05, 0.1) is 0 Å². The number of ketones is 1. The maximum Gasteiger partial charge on any atom is 0.266 e. The lowest BCUT2D eigenvalue weighted by atomic mass is 9.81. The number of likely N-dealkylation sites (N-methyl/N-ethyl adjacent to an activating group) is 1. The normalized spacial score (nSPS) is 20.9. The summed E-state index contributed by atoms with van der Waals surface area (Å²) in [6.45, 7) is 5.52. The summed E-state index contributed by atoms with van der Waals surface area (Å²) in [5.74, 6) is 1.06. The van der Waals surface area contributed by atoms with E-state index in [4.69, 9.17) is 0 Å². The molecule has 0 spiro atoms. The lowest BCUT2D eigenvalue weighted by Crippen LogP contribution is -3.00. The van der Waals surface area contributed by atoms with E-state index in [1.165, 1.54) is 11.3 Å². The minimum Gasteiger partial charge on any atom is -1.00 e. The second-order valence-electron chi connectivity index (χ2n) is 9.15. The predicted octanol–water partition coefficient (Wildman–Crippen LogP) is -0.0630. The molecule has 1 fully saturated rings. The average Bonchev–Trinajstić information content (AvgIpc) is 3.41. The van der Waals surface area contributed by atoms with E-state index in [2.05, 4.69) is 43.1 Å². The fraction of sp³-hybridized carbons (Fsp3) is 0.346. The van der Waals surface area contributed by atoms with Crippen molar-refractivity contribution in [3.8, 4) is 0 Å². The summed E-state index contributed by atoms with van der Waals surface area (Å²) < 4.78 is 3.85. The Hall–Kier alpha value is -2.93. The van der Waals surface area contributed by atoms with Crippen LogP contribution in [0.4, 0.5) is 5.69 Å². The van der Waals surface area contributed by atoms with Gasteiger partial charge in [-0.1, -0.05) is 55.5 Å². The number of aromatic nitrogens is 2. The molecule has 1 aromatic heterocycles. The zero-order chi connectivity index (χ0) is 22.5. The molecule has 2 aliphatic rings. The van der Waals surface area contributed by atoms with Gasteiger partial charge in [-0.15, -0.1) is 0 Å². The first-order valence-electron chi connectivity index (χ1n) is 11.2. The van der Waals surface area contributed by atoms with Crippen molar-refractivity contribution < 1.29 is 31.1 Å². The smallest absolute Gasteiger partial charge is 0.266 e. The number of para-hydroxylation sites is 1. The van der Waals surface area contributed by atoms with Crippen LogP contribution in [0.3, 0.4) is 0 Å². The van der Waals surface area contributed by atoms with Crippen LogP contribution in [0.15, 0.2) is 67.0 Å². The number of amides is 1. The van der Waals surface area contributed by atoms with Gasteiger partial charge < -0.3 is 26.8 Å². The Bertz CT molecular complexity index is 1190. The van der Waals surface area contributed by atoms with Crippen LogP contribution in [0.25, 0.3) is 0 Å². The minimum absolute atomic E-state index is 0. The van der Waals surface area contributed by atoms with E-state index in [0.717, 1.165) is 18.8 Å². The molecule has 3 aromatic rings. The van der Waals surface area contributed by atoms with Crippen molar-refractivity contribution in [2.45, 2.75) is 44.9 Å². The van der Waals surface area contributed by atoms with E-state index >= 15 is 0 Å². The molecule has 0 radical (unpaired) electrons. The zero-order valence-electron chi connectivity index (χ0n) is 19.2. The van der Waals surface area contributed by atoms with Crippen molar-refractivity contribution in [3.63, 3.8) is 0 Å². The van der Waals surface area contributed by atoms with Crippen LogP contribution in [-0.4, -0.2) is 40.9 Å². The van der Waals surface area contributed by atoms with Crippen LogP contribution in [0.1, 0.15) is 35.1 Å². The molecule has 1 amide bonds. The SMILES string of the molecule is Cc1n(CC(=O)N2CCC3(C)c4ccccc4N(C)C23)cc[n+]1CC(=O)c1ccccc1.[Br-]. The molecule has 1 saturated heterocycles. The molecule has 6 nitrogen and oxygen atoms in total. The fourth-order valence-corrected chi connectivity index (χ4v) is 5.50. The largest absolute Gasteiger partial charge is 1.00 e. The maximum atomic E-state index is 13.4. The Labute approximate surface area is 205 Å². The molecule has 2 atom stereocenters. The summed E-state index contributed by atoms with van der Waals surface area (Å²) >= 11 is 0. The summed E-state index contributed by atoms with van der Waals surface area (Å²) in [6, 6.07) is 17.8. The first-order chi connectivity index (χ1) is 15.4. The number of halogens is 1. The Morgan fingerprint density at radius 1 is 1.09 bits per heavy atom. The van der Waals surface area contributed by atoms with Gasteiger partial charge in [-0.3, -0.25) is 9.59 Å². The highest BCUT2D eigenvalue weighted by atomic mass is 79.9. The second kappa shape index (κ2) is 8.78. The molecule has 172 valence electrons. The number of likely N-dealkylation sites (tertiary alicyclic amines) is 1. The number of benzene rings is 2. The molecule has 2 aromatic carbocycles. The molecule has 5 rings (SSSR count). The molecule has 33 heavy (non-hydrogen) atoms. The molecule has 7 heteroatoms. The Kier molecular flexibility index (Phi) is 6.18. The van der Waals surface area contributed by atoms with Crippen LogP contribution in [0.5, 0.6) is 0 Å². The molecule has 2 aliphatic heterocycles. The maximum absolute atomic E-state index is 13.4. The minimum atomic E-state index is -0.0469. The molecule has 2 unspecified atom stereocenters. The number of rotatable bonds is 5. The van der Waals surface area contributed by atoms with Crippen molar-refractivity contribution >= 4 is 17.4 Å². The number of hydrogen-bond donors (Lipinski definition) is 0. The van der Waals surface area contributed by atoms with Crippen molar-refractivity contribution in [3.05, 3.63) is 83.9 Å². The molecule has 0 N–H and O–H groups in total. The summed E-state index contributed by atoms with van der Waals surface area (Å²) in [6.07, 6.45) is 4.78. The van der Waals surface area contributed by atoms with Gasteiger partial charge in [0, 0.05) is 37.2 Å². The number of carbonyl (C=O) groups excluding carboxylic acids is 2. The topological polar surface area (TPSA) is 49.4 Å². The molecule has 0 aliphatic carbocycles. The second-order valence-corrected chi connectivity index (χ2v) is 9.15. The lowest BCUT2D eigenvalue weighted by molar-refractivity contribution is -0.688. The molecular weight excluding hydrogens is 480 g/mol. The van der Waals surface area contributed by atoms with Crippen molar-refractivity contribution in [1.29, 1.82) is 0 Å². The highest BCUT2D eigenvalue weighted by molar-refractivity contribution is 5.94. The monoisotopic (exact) mass is 508 g/mol. The summed E-state index contributed by atoms with van der Waals surface area (Å²) in [4.78, 5) is 30.3. The van der Waals surface area contributed by atoms with E-state index in [1.807, 2.05) is 63.7 Å². The first-order valence-corrected chi connectivity index (χ1v) is 11.2. The van der Waals surface area contributed by atoms with Gasteiger partial charge in [-0.25, -0.2) is 9.13 Å². The highest BCUT2D eigenvalue weighted by Crippen LogP contribution is 2.51. The third-order valence-electron chi connectivity index (χ3n) is 7.30. The van der Waals surface area contributed by atoms with Crippen molar-refractivity contribution in [1.82, 2.24) is 9.47 Å². The number of hydrogen-bond acceptors (Lipinski definition) is 3. The first kappa shape index (κ1) is 23.2. The summed E-state index contributed by atoms with van der Waals surface area (Å²) in [7, 11) is 2.09. The predicted molar refractivity (Wildman–Crippen MR) is 122 cm³/mol. The van der Waals surface area contributed by atoms with Gasteiger partial charge in [0.25, 0.3) is 11.7 Å². The Morgan fingerprint density at radius 2 is 1.79 bits per heavy atom. The van der Waals surface area contributed by atoms with E-state index in [-0.39, 0.29) is 53.3 Å². The van der Waals surface area contributed by atoms with Crippen molar-refractivity contribution in [2.75, 3.05) is 18.5 Å². The molecular formula is C26H29BrN4O2. The van der Waals surface area contributed by atoms with Crippen LogP contribution in [0, 0.1) is 6.92 Å². The fourth-order valence-electron chi connectivity index (χ4n) is 5.50. The van der Waals surface area contributed by atoms with Crippen LogP contribution >= 0.6 is 0 Å². The number of imidazole rings is 1. The number of anilines is 1. The van der Waals surface area contributed by atoms with Gasteiger partial charge in [-0.2, -0.15) is 0 Å². The number of nitrogens with zero attached hydrogens (tertiary/aromatic N) is 4. The highest BCUT2D eigenvalue weighted by Gasteiger charge is 2.54. The van der Waals surface area contributed by atoms with Crippen LogP contribution in [0.2, 0.25) is 0 Å². The summed E-state index contributed by atoms with van der Waals surface area (Å²) in [5.41, 5.74) is 3.20. The Morgan fingerprint density at radius 3 is 2.55 bits per heavy atom. The van der Waals surface area contributed by atoms with E-state index in [1.54, 1.807) is 0 Å². The quantitative estimate of drug-likeness (QED) is 0.358. The summed E-state index contributed by atoms with van der Waals surface area (Å²) in [5, 5.41) is 0. The number of fused-ring (bicyclic) bond motifs is 3. The number of carbonyl (C=O) groups is 2. The van der Waals surface area contributed by atoms with Crippen LogP contribution in [-0.2, 0) is 23.3 Å². The van der Waals surface area contributed by atoms with Gasteiger partial charge in [0.1, 0.15) is 18.6 Å². The molecule has 0 saturated carbocycles. The third kappa shape index (κ3) is 3.78. The standard InChI is InChI=1S/C26H29N4O2.BrH/c1-19-28(17-23(31)20-9-5-4-6-10-20)15-16-29(19)18-24(32)30-14-13-26(2)21-11-7-8-12-22(21)27(3)25(26)30;/h4-12,15-16,25H,13-14,17-18H2,1-3H3;1H/q+1;/p-1. The Balaban J connectivity index is 0.00000259. The van der Waals surface area contributed by atoms with Gasteiger partial charge in [-0.05, 0) is 18.1 Å². The van der Waals surface area contributed by atoms with E-state index in [0.29, 0.717) is 5.56 Å². The van der Waals surface area contributed by atoms with Gasteiger partial charge in [0.2, 0.25) is 5.78 Å². The van der Waals surface area contributed by atoms with Crippen LogP contribution < -0.4 is 26.4 Å². The number of Topliss-reactive ketones (excluding diaryl/α,β-unsaturated/α-hetero) is 1. The third-order valence-corrected chi connectivity index (χ3v) is 7.30. The average molecular weight is 509 g/mol. The van der Waals surface area contributed by atoms with E-state index < -0.39 is 0 Å². The zero-order valence-corrected chi connectivity index (χ0v) is 20.8. The van der Waals surface area contributed by atoms with Gasteiger partial charge in [0.15, 0.2) is 13.1 Å².